The van der Waals surface area contributed by atoms with Crippen LogP contribution in [0.2, 0.25) is 0 Å². The number of aromatic hydroxyl groups is 1. The molecule has 0 unspecified atom stereocenters. The zero-order chi connectivity index (χ0) is 14.8. The Hall–Kier alpha value is -1.85. The molecule has 2 aromatic carbocycles. The normalized spacial score (nSPS) is 11.5. The lowest BCUT2D eigenvalue weighted by Gasteiger charge is -2.11. The molecule has 2 N–H and O–H groups in total. The van der Waals surface area contributed by atoms with Gasteiger partial charge in [0, 0.05) is 12.1 Å². The number of phenolic OH excluding ortho intramolecular Hbond substituents is 1. The van der Waals surface area contributed by atoms with E-state index in [1.165, 1.54) is 6.07 Å². The van der Waals surface area contributed by atoms with Crippen molar-refractivity contribution in [2.24, 2.45) is 0 Å². The van der Waals surface area contributed by atoms with E-state index >= 15 is 0 Å². The fourth-order valence-electron chi connectivity index (χ4n) is 1.91. The minimum Gasteiger partial charge on any atom is -0.508 e. The van der Waals surface area contributed by atoms with Crippen molar-refractivity contribution in [2.45, 2.75) is 25.3 Å². The number of sulfonamides is 1. The van der Waals surface area contributed by atoms with Crippen molar-refractivity contribution in [3.05, 3.63) is 59.2 Å². The third-order valence-corrected chi connectivity index (χ3v) is 4.62. The van der Waals surface area contributed by atoms with Crippen molar-refractivity contribution < 1.29 is 13.5 Å². The number of phenols is 1. The van der Waals surface area contributed by atoms with E-state index in [0.717, 1.165) is 5.56 Å². The summed E-state index contributed by atoms with van der Waals surface area (Å²) >= 11 is 0. The molecule has 106 valence electrons. The van der Waals surface area contributed by atoms with Crippen LogP contribution in [-0.4, -0.2) is 13.5 Å². The molecule has 0 bridgehead atoms. The summed E-state index contributed by atoms with van der Waals surface area (Å²) in [6, 6.07) is 11.9. The number of aryl methyl sites for hydroxylation is 2. The number of benzene rings is 2. The first-order chi connectivity index (χ1) is 9.40. The van der Waals surface area contributed by atoms with E-state index in [2.05, 4.69) is 4.72 Å². The van der Waals surface area contributed by atoms with Crippen LogP contribution in [0.5, 0.6) is 5.75 Å². The second kappa shape index (κ2) is 5.64. The third-order valence-electron chi connectivity index (χ3n) is 3.08. The number of rotatable bonds is 4. The van der Waals surface area contributed by atoms with Gasteiger partial charge >= 0.3 is 0 Å². The van der Waals surface area contributed by atoms with Gasteiger partial charge in [-0.05, 0) is 37.1 Å². The van der Waals surface area contributed by atoms with Gasteiger partial charge in [-0.3, -0.25) is 0 Å². The predicted molar refractivity (Wildman–Crippen MR) is 78.0 cm³/mol. The Morgan fingerprint density at radius 3 is 2.50 bits per heavy atom. The molecule has 0 aliphatic heterocycles. The molecule has 0 saturated heterocycles. The highest BCUT2D eigenvalue weighted by molar-refractivity contribution is 7.89. The first kappa shape index (κ1) is 14.6. The first-order valence-corrected chi connectivity index (χ1v) is 7.72. The maximum atomic E-state index is 12.3. The number of hydrogen-bond donors (Lipinski definition) is 2. The van der Waals surface area contributed by atoms with Crippen LogP contribution in [0, 0.1) is 13.8 Å². The minimum atomic E-state index is -3.59. The molecule has 2 rings (SSSR count). The van der Waals surface area contributed by atoms with E-state index in [0.29, 0.717) is 11.1 Å². The van der Waals surface area contributed by atoms with Gasteiger partial charge in [0.1, 0.15) is 5.75 Å². The second-order valence-electron chi connectivity index (χ2n) is 4.72. The predicted octanol–water partition coefficient (Wildman–Crippen LogP) is 2.49. The molecular formula is C15H17NO3S. The molecule has 0 atom stereocenters. The zero-order valence-corrected chi connectivity index (χ0v) is 12.2. The number of hydrogen-bond acceptors (Lipinski definition) is 3. The van der Waals surface area contributed by atoms with E-state index in [1.54, 1.807) is 37.3 Å². The Labute approximate surface area is 119 Å². The van der Waals surface area contributed by atoms with Gasteiger partial charge in [0.15, 0.2) is 0 Å². The molecule has 4 nitrogen and oxygen atoms in total. The van der Waals surface area contributed by atoms with E-state index in [9.17, 15) is 13.5 Å². The van der Waals surface area contributed by atoms with Crippen LogP contribution in [-0.2, 0) is 16.6 Å². The lowest BCUT2D eigenvalue weighted by molar-refractivity contribution is 0.467. The topological polar surface area (TPSA) is 66.4 Å². The van der Waals surface area contributed by atoms with Crippen LogP contribution in [0.4, 0.5) is 0 Å². The Balaban J connectivity index is 2.24. The summed E-state index contributed by atoms with van der Waals surface area (Å²) in [7, 11) is -3.59. The lowest BCUT2D eigenvalue weighted by atomic mass is 10.2. The molecule has 0 aromatic heterocycles. The molecule has 0 heterocycles. The maximum absolute atomic E-state index is 12.3. The Morgan fingerprint density at radius 1 is 1.10 bits per heavy atom. The average molecular weight is 291 g/mol. The Bertz CT molecular complexity index is 724. The fraction of sp³-hybridized carbons (Fsp3) is 0.200. The molecular weight excluding hydrogens is 274 g/mol. The van der Waals surface area contributed by atoms with Gasteiger partial charge < -0.3 is 5.11 Å². The summed E-state index contributed by atoms with van der Waals surface area (Å²) < 4.78 is 27.1. The van der Waals surface area contributed by atoms with Crippen LogP contribution in [0.25, 0.3) is 0 Å². The van der Waals surface area contributed by atoms with E-state index < -0.39 is 10.0 Å². The molecule has 0 aliphatic rings. The van der Waals surface area contributed by atoms with Crippen LogP contribution < -0.4 is 4.72 Å². The maximum Gasteiger partial charge on any atom is 0.241 e. The summed E-state index contributed by atoms with van der Waals surface area (Å²) in [4.78, 5) is 0.271. The van der Waals surface area contributed by atoms with E-state index in [-0.39, 0.29) is 17.2 Å². The number of nitrogens with one attached hydrogen (secondary N) is 1. The Kier molecular flexibility index (Phi) is 4.11. The largest absolute Gasteiger partial charge is 0.508 e. The van der Waals surface area contributed by atoms with Crippen molar-refractivity contribution in [1.82, 2.24) is 4.72 Å². The molecule has 2 aromatic rings. The highest BCUT2D eigenvalue weighted by atomic mass is 32.2. The molecule has 0 saturated carbocycles. The molecule has 0 radical (unpaired) electrons. The lowest BCUT2D eigenvalue weighted by Crippen LogP contribution is -2.24. The van der Waals surface area contributed by atoms with Gasteiger partial charge in [0.2, 0.25) is 10.0 Å². The summed E-state index contributed by atoms with van der Waals surface area (Å²) in [5.41, 5.74) is 2.13. The molecule has 0 fully saturated rings. The van der Waals surface area contributed by atoms with Crippen molar-refractivity contribution in [3.63, 3.8) is 0 Å². The van der Waals surface area contributed by atoms with Crippen LogP contribution in [0.3, 0.4) is 0 Å². The highest BCUT2D eigenvalue weighted by Crippen LogP contribution is 2.19. The highest BCUT2D eigenvalue weighted by Gasteiger charge is 2.17. The molecule has 0 spiro atoms. The molecule has 20 heavy (non-hydrogen) atoms. The fourth-order valence-corrected chi connectivity index (χ4v) is 3.24. The molecule has 0 aliphatic carbocycles. The Morgan fingerprint density at radius 2 is 1.80 bits per heavy atom. The monoisotopic (exact) mass is 291 g/mol. The smallest absolute Gasteiger partial charge is 0.241 e. The summed E-state index contributed by atoms with van der Waals surface area (Å²) in [6.45, 7) is 3.66. The van der Waals surface area contributed by atoms with E-state index in [4.69, 9.17) is 0 Å². The minimum absolute atomic E-state index is 0.0579. The van der Waals surface area contributed by atoms with Gasteiger partial charge in [0.25, 0.3) is 0 Å². The standard InChI is InChI=1S/C15H17NO3S/c1-11-7-8-12(2)15(9-11)20(18,19)16-10-13-5-3-4-6-14(13)17/h3-9,16-17H,10H2,1-2H3. The summed E-state index contributed by atoms with van der Waals surface area (Å²) in [6.07, 6.45) is 0. The van der Waals surface area contributed by atoms with Gasteiger partial charge in [-0.15, -0.1) is 0 Å². The van der Waals surface area contributed by atoms with Crippen LogP contribution in [0.1, 0.15) is 16.7 Å². The van der Waals surface area contributed by atoms with E-state index in [1.807, 2.05) is 13.0 Å². The quantitative estimate of drug-likeness (QED) is 0.909. The second-order valence-corrected chi connectivity index (χ2v) is 6.46. The van der Waals surface area contributed by atoms with Crippen LogP contribution >= 0.6 is 0 Å². The zero-order valence-electron chi connectivity index (χ0n) is 11.4. The van der Waals surface area contributed by atoms with Gasteiger partial charge in [-0.1, -0.05) is 30.3 Å². The van der Waals surface area contributed by atoms with Crippen LogP contribution in [0.15, 0.2) is 47.4 Å². The average Bonchev–Trinajstić information content (AvgIpc) is 2.40. The summed E-state index contributed by atoms with van der Waals surface area (Å²) in [5, 5.41) is 9.64. The van der Waals surface area contributed by atoms with Crippen molar-refractivity contribution in [1.29, 1.82) is 0 Å². The van der Waals surface area contributed by atoms with Crippen molar-refractivity contribution in [3.8, 4) is 5.75 Å². The SMILES string of the molecule is Cc1ccc(C)c(S(=O)(=O)NCc2ccccc2O)c1. The van der Waals surface area contributed by atoms with Crippen molar-refractivity contribution in [2.75, 3.05) is 0 Å². The van der Waals surface area contributed by atoms with Gasteiger partial charge in [-0.25, -0.2) is 13.1 Å². The third kappa shape index (κ3) is 3.18. The molecule has 5 heteroatoms. The first-order valence-electron chi connectivity index (χ1n) is 6.24. The van der Waals surface area contributed by atoms with Gasteiger partial charge in [0.05, 0.1) is 4.90 Å². The number of para-hydroxylation sites is 1. The van der Waals surface area contributed by atoms with Crippen molar-refractivity contribution >= 4 is 10.0 Å². The van der Waals surface area contributed by atoms with Gasteiger partial charge in [-0.2, -0.15) is 0 Å². The summed E-state index contributed by atoms with van der Waals surface area (Å²) in [5.74, 6) is 0.0798. The molecule has 0 amide bonds.